The van der Waals surface area contributed by atoms with E-state index in [0.29, 0.717) is 0 Å². The molecule has 2 saturated carbocycles. The molecule has 0 amide bonds. The maximum atomic E-state index is 10.5. The van der Waals surface area contributed by atoms with Gasteiger partial charge >= 0.3 is 104 Å². The van der Waals surface area contributed by atoms with Crippen molar-refractivity contribution in [2.24, 2.45) is 23.7 Å². The monoisotopic (exact) mass is 372 g/mol. The first-order chi connectivity index (χ1) is 9.82. The van der Waals surface area contributed by atoms with Gasteiger partial charge in [0.05, 0.1) is 0 Å². The topological polar surface area (TPSA) is 40.1 Å². The molecule has 0 aliphatic heterocycles. The molecule has 5 unspecified atom stereocenters. The summed E-state index contributed by atoms with van der Waals surface area (Å²) >= 11 is 2.48. The van der Waals surface area contributed by atoms with E-state index in [4.69, 9.17) is 9.90 Å². The maximum absolute atomic E-state index is 10.5. The van der Waals surface area contributed by atoms with E-state index in [2.05, 4.69) is 44.7 Å². The number of carbonyl (C=O) groups excluding carboxylic acids is 1. The number of carbonyl (C=O) groups is 1. The van der Waals surface area contributed by atoms with E-state index < -0.39 is 12.1 Å². The third-order valence-electron chi connectivity index (χ3n) is 4.70. The van der Waals surface area contributed by atoms with Gasteiger partial charge in [-0.2, -0.15) is 13.2 Å². The first-order valence-electron chi connectivity index (χ1n) is 7.16. The predicted octanol–water partition coefficient (Wildman–Crippen LogP) is -3.19. The Morgan fingerprint density at radius 1 is 1.00 bits per heavy atom. The molecular weight excluding hydrogens is 355 g/mol. The molecule has 0 radical (unpaired) electrons. The summed E-state index contributed by atoms with van der Waals surface area (Å²) < 4.78 is 32.5. The molecule has 3 rings (SSSR count). The molecule has 0 spiro atoms. The number of hydrogen-bond acceptors (Lipinski definition) is 2. The van der Waals surface area contributed by atoms with Crippen molar-refractivity contribution in [1.29, 1.82) is 0 Å². The average Bonchev–Trinajstić information content (AvgIpc) is 2.73. The normalized spacial score (nSPS) is 34.0. The van der Waals surface area contributed by atoms with Gasteiger partial charge in [-0.3, -0.25) is 0 Å². The zero-order chi connectivity index (χ0) is 15.6. The molecule has 5 atom stereocenters. The van der Waals surface area contributed by atoms with Crippen molar-refractivity contribution >= 4 is 5.97 Å². The van der Waals surface area contributed by atoms with Crippen molar-refractivity contribution in [3.63, 3.8) is 0 Å². The quantitative estimate of drug-likeness (QED) is 0.332. The van der Waals surface area contributed by atoms with Gasteiger partial charge in [0.2, 0.25) is 0 Å². The second kappa shape index (κ2) is 8.97. The van der Waals surface area contributed by atoms with Gasteiger partial charge in [0.25, 0.3) is 0 Å². The zero-order valence-electron chi connectivity index (χ0n) is 12.2. The number of halogens is 5. The molecule has 2 nitrogen and oxygen atoms in total. The fourth-order valence-corrected chi connectivity index (χ4v) is 4.99. The van der Waals surface area contributed by atoms with E-state index in [1.165, 1.54) is 25.7 Å². The Hall–Kier alpha value is -0.686. The Balaban J connectivity index is 0.000000474. The van der Waals surface area contributed by atoms with Gasteiger partial charge in [-0.25, -0.2) is 0 Å². The number of rotatable bonds is 0. The third kappa shape index (κ3) is 5.14. The van der Waals surface area contributed by atoms with E-state index in [1.807, 2.05) is 0 Å². The summed E-state index contributed by atoms with van der Waals surface area (Å²) in [6.45, 7) is 0. The van der Waals surface area contributed by atoms with E-state index in [-0.39, 0.29) is 9.41 Å². The molecule has 0 bridgehead atoms. The van der Waals surface area contributed by atoms with Crippen molar-refractivity contribution in [1.82, 2.24) is 0 Å². The number of carboxylic acid groups (broad SMARTS) is 1. The van der Waals surface area contributed by atoms with E-state index >= 15 is 0 Å². The Labute approximate surface area is 143 Å². The van der Waals surface area contributed by atoms with Crippen LogP contribution in [0.2, 0.25) is 4.22 Å². The van der Waals surface area contributed by atoms with Crippen molar-refractivity contribution in [2.75, 3.05) is 0 Å². The fourth-order valence-electron chi connectivity index (χ4n) is 3.83. The van der Waals surface area contributed by atoms with Crippen LogP contribution in [0.25, 0.3) is 0 Å². The zero-order valence-corrected chi connectivity index (χ0v) is 13.8. The molecule has 0 aromatic heterocycles. The van der Waals surface area contributed by atoms with Crippen LogP contribution in [0.3, 0.4) is 0 Å². The molecule has 0 N–H and O–H groups in total. The van der Waals surface area contributed by atoms with Crippen LogP contribution in [0.15, 0.2) is 24.3 Å². The van der Waals surface area contributed by atoms with Gasteiger partial charge in [0.15, 0.2) is 0 Å². The minimum atomic E-state index is -5.19. The van der Waals surface area contributed by atoms with Gasteiger partial charge in [0.1, 0.15) is 5.97 Å². The molecule has 0 aromatic carbocycles. The van der Waals surface area contributed by atoms with Crippen molar-refractivity contribution in [3.8, 4) is 0 Å². The van der Waals surface area contributed by atoms with Crippen LogP contribution in [-0.2, 0) is 25.2 Å². The first kappa shape index (κ1) is 22.3. The SMILES string of the molecule is O=C([O-])C(F)(F)F.[F-].[F-].[Ti+3][CH]1C2C=CC=CC2C2CCCCC12. The van der Waals surface area contributed by atoms with Crippen LogP contribution in [0, 0.1) is 23.7 Å². The number of hydrogen-bond donors (Lipinski definition) is 0. The number of carboxylic acids is 1. The molecule has 23 heavy (non-hydrogen) atoms. The van der Waals surface area contributed by atoms with Crippen molar-refractivity contribution in [2.45, 2.75) is 36.1 Å². The first-order valence-corrected chi connectivity index (χ1v) is 8.07. The summed E-state index contributed by atoms with van der Waals surface area (Å²) in [7, 11) is 0. The molecule has 3 aliphatic carbocycles. The standard InChI is InChI=1S/C13H17.C2HF3O2.2FH.Ti/c1-3-7-12-10(5-1)9-11-6-2-4-8-13(11)12;3-2(4,5)1(6)7;;;/h1,3,5,7,9-13H,2,4,6,8H2;(H,6,7);2*1H;/q;;;;+3/p-3. The minimum absolute atomic E-state index is 0. The van der Waals surface area contributed by atoms with Crippen LogP contribution in [0.4, 0.5) is 13.2 Å². The van der Waals surface area contributed by atoms with Crippen LogP contribution >= 0.6 is 0 Å². The van der Waals surface area contributed by atoms with Crippen LogP contribution in [0.5, 0.6) is 0 Å². The molecule has 3 aliphatic rings. The summed E-state index contributed by atoms with van der Waals surface area (Å²) in [6.07, 6.45) is 10.2. The van der Waals surface area contributed by atoms with Gasteiger partial charge in [-0.15, -0.1) is 0 Å². The summed E-state index contributed by atoms with van der Waals surface area (Å²) in [4.78, 5) is 8.78. The summed E-state index contributed by atoms with van der Waals surface area (Å²) in [5, 5.41) is 8.78. The molecule has 0 aromatic rings. The Bertz CT molecular complexity index is 450. The second-order valence-corrected chi connectivity index (χ2v) is 6.89. The van der Waals surface area contributed by atoms with Gasteiger partial charge in [-0.05, 0) is 0 Å². The molecule has 2 fully saturated rings. The molecule has 0 saturated heterocycles. The number of aliphatic carboxylic acids is 1. The van der Waals surface area contributed by atoms with Gasteiger partial charge in [-0.1, -0.05) is 0 Å². The number of fused-ring (bicyclic) bond motifs is 3. The summed E-state index contributed by atoms with van der Waals surface area (Å²) in [6, 6.07) is 0. The molecule has 8 heteroatoms. The van der Waals surface area contributed by atoms with E-state index in [1.54, 1.807) is 0 Å². The van der Waals surface area contributed by atoms with E-state index in [9.17, 15) is 13.2 Å². The fraction of sp³-hybridized carbons (Fsp3) is 0.667. The Kier molecular flexibility index (Phi) is 8.70. The number of allylic oxidation sites excluding steroid dienone is 4. The van der Waals surface area contributed by atoms with E-state index in [0.717, 1.165) is 27.9 Å². The van der Waals surface area contributed by atoms with Crippen LogP contribution < -0.4 is 14.5 Å². The Morgan fingerprint density at radius 2 is 1.43 bits per heavy atom. The number of alkyl halides is 3. The van der Waals surface area contributed by atoms with Gasteiger partial charge < -0.3 is 19.3 Å². The van der Waals surface area contributed by atoms with Gasteiger partial charge in [0, 0.05) is 0 Å². The molecule has 128 valence electrons. The molecule has 0 heterocycles. The third-order valence-corrected chi connectivity index (χ3v) is 5.97. The molecular formula is C15H17F5O2Ti. The second-order valence-electron chi connectivity index (χ2n) is 5.85. The summed E-state index contributed by atoms with van der Waals surface area (Å²) in [5.74, 6) is 0.803. The van der Waals surface area contributed by atoms with Crippen molar-refractivity contribution < 1.29 is 52.9 Å². The van der Waals surface area contributed by atoms with Crippen LogP contribution in [-0.4, -0.2) is 12.1 Å². The predicted molar refractivity (Wildman–Crippen MR) is 65.5 cm³/mol. The Morgan fingerprint density at radius 3 is 1.91 bits per heavy atom. The summed E-state index contributed by atoms with van der Waals surface area (Å²) in [5.41, 5.74) is 0. The average molecular weight is 372 g/mol. The van der Waals surface area contributed by atoms with Crippen LogP contribution in [0.1, 0.15) is 25.7 Å². The van der Waals surface area contributed by atoms with Crippen molar-refractivity contribution in [3.05, 3.63) is 24.3 Å².